The topological polar surface area (TPSA) is 26.8 Å². The second-order valence-electron chi connectivity index (χ2n) is 7.45. The molecule has 0 N–H and O–H groups in total. The van der Waals surface area contributed by atoms with E-state index in [-0.39, 0.29) is 11.6 Å². The Morgan fingerprint density at radius 2 is 1.44 bits per heavy atom. The number of urea groups is 1. The van der Waals surface area contributed by atoms with Gasteiger partial charge in [0.05, 0.1) is 0 Å². The van der Waals surface area contributed by atoms with Crippen LogP contribution >= 0.6 is 0 Å². The molecule has 0 aromatic rings. The minimum Gasteiger partial charge on any atom is -0.323 e. The van der Waals surface area contributed by atoms with E-state index in [9.17, 15) is 4.79 Å². The van der Waals surface area contributed by atoms with Crippen LogP contribution in [0, 0.1) is 5.41 Å². The molecule has 0 unspecified atom stereocenters. The van der Waals surface area contributed by atoms with Crippen molar-refractivity contribution in [2.24, 2.45) is 5.41 Å². The normalized spacial score (nSPS) is 24.9. The molecule has 2 aliphatic heterocycles. The molecule has 4 nitrogen and oxygen atoms in total. The standard InChI is InChI=1S/C14H27N3O/c1-13(2,3)17-8-6-15(7-9-17)12(18)16-10-14(4,5)11-16/h6-11H2,1-5H3. The first-order valence-corrected chi connectivity index (χ1v) is 6.98. The second kappa shape index (κ2) is 4.41. The molecule has 2 fully saturated rings. The molecule has 0 aromatic heterocycles. The molecule has 0 spiro atoms. The van der Waals surface area contributed by atoms with Crippen LogP contribution in [0.3, 0.4) is 0 Å². The summed E-state index contributed by atoms with van der Waals surface area (Å²) in [4.78, 5) is 18.7. The smallest absolute Gasteiger partial charge is 0.320 e. The molecular weight excluding hydrogens is 226 g/mol. The molecule has 0 bridgehead atoms. The molecule has 0 radical (unpaired) electrons. The molecule has 18 heavy (non-hydrogen) atoms. The second-order valence-corrected chi connectivity index (χ2v) is 7.45. The Balaban J connectivity index is 1.82. The third kappa shape index (κ3) is 2.79. The lowest BCUT2D eigenvalue weighted by Crippen LogP contribution is -2.62. The van der Waals surface area contributed by atoms with E-state index in [0.29, 0.717) is 5.41 Å². The fraction of sp³-hybridized carbons (Fsp3) is 0.929. The summed E-state index contributed by atoms with van der Waals surface area (Å²) < 4.78 is 0. The summed E-state index contributed by atoms with van der Waals surface area (Å²) >= 11 is 0. The van der Waals surface area contributed by atoms with Crippen molar-refractivity contribution in [3.63, 3.8) is 0 Å². The highest BCUT2D eigenvalue weighted by molar-refractivity contribution is 5.75. The van der Waals surface area contributed by atoms with Crippen LogP contribution in [0.15, 0.2) is 0 Å². The first-order valence-electron chi connectivity index (χ1n) is 6.98. The number of amides is 2. The van der Waals surface area contributed by atoms with Crippen LogP contribution in [0.1, 0.15) is 34.6 Å². The molecule has 0 saturated carbocycles. The summed E-state index contributed by atoms with van der Waals surface area (Å²) in [6.45, 7) is 16.7. The fourth-order valence-corrected chi connectivity index (χ4v) is 2.89. The van der Waals surface area contributed by atoms with Gasteiger partial charge in [-0.25, -0.2) is 4.79 Å². The van der Waals surface area contributed by atoms with E-state index in [1.165, 1.54) is 0 Å². The highest BCUT2D eigenvalue weighted by Crippen LogP contribution is 2.29. The highest BCUT2D eigenvalue weighted by Gasteiger charge is 2.39. The molecule has 0 aliphatic carbocycles. The van der Waals surface area contributed by atoms with Crippen LogP contribution in [0.4, 0.5) is 4.79 Å². The number of likely N-dealkylation sites (tertiary alicyclic amines) is 1. The molecular formula is C14H27N3O. The summed E-state index contributed by atoms with van der Waals surface area (Å²) in [7, 11) is 0. The number of hydrogen-bond acceptors (Lipinski definition) is 2. The van der Waals surface area contributed by atoms with Gasteiger partial charge < -0.3 is 9.80 Å². The molecule has 2 aliphatic rings. The van der Waals surface area contributed by atoms with E-state index >= 15 is 0 Å². The first kappa shape index (κ1) is 13.7. The monoisotopic (exact) mass is 253 g/mol. The number of carbonyl (C=O) groups is 1. The van der Waals surface area contributed by atoms with Gasteiger partial charge in [0.1, 0.15) is 0 Å². The van der Waals surface area contributed by atoms with Crippen LogP contribution in [-0.2, 0) is 0 Å². The van der Waals surface area contributed by atoms with Gasteiger partial charge in [0.2, 0.25) is 0 Å². The van der Waals surface area contributed by atoms with Crippen LogP contribution in [0.5, 0.6) is 0 Å². The van der Waals surface area contributed by atoms with E-state index in [1.807, 2.05) is 9.80 Å². The van der Waals surface area contributed by atoms with Gasteiger partial charge in [0, 0.05) is 50.2 Å². The summed E-state index contributed by atoms with van der Waals surface area (Å²) in [5, 5.41) is 0. The van der Waals surface area contributed by atoms with Crippen molar-refractivity contribution in [3.05, 3.63) is 0 Å². The van der Waals surface area contributed by atoms with E-state index < -0.39 is 0 Å². The van der Waals surface area contributed by atoms with Crippen molar-refractivity contribution in [1.82, 2.24) is 14.7 Å². The molecule has 2 amide bonds. The number of carbonyl (C=O) groups excluding carboxylic acids is 1. The maximum Gasteiger partial charge on any atom is 0.320 e. The van der Waals surface area contributed by atoms with Gasteiger partial charge in [-0.15, -0.1) is 0 Å². The van der Waals surface area contributed by atoms with Gasteiger partial charge >= 0.3 is 6.03 Å². The number of hydrogen-bond donors (Lipinski definition) is 0. The zero-order valence-corrected chi connectivity index (χ0v) is 12.5. The third-order valence-corrected chi connectivity index (χ3v) is 4.01. The number of nitrogens with zero attached hydrogens (tertiary/aromatic N) is 3. The summed E-state index contributed by atoms with van der Waals surface area (Å²) in [5.74, 6) is 0. The minimum absolute atomic E-state index is 0.216. The molecule has 2 heterocycles. The van der Waals surface area contributed by atoms with Gasteiger partial charge in [-0.2, -0.15) is 0 Å². The van der Waals surface area contributed by atoms with Crippen molar-refractivity contribution < 1.29 is 4.79 Å². The molecule has 2 rings (SSSR count). The Bertz CT molecular complexity index is 316. The van der Waals surface area contributed by atoms with Gasteiger partial charge in [-0.1, -0.05) is 13.8 Å². The van der Waals surface area contributed by atoms with Crippen molar-refractivity contribution >= 4 is 6.03 Å². The van der Waals surface area contributed by atoms with Gasteiger partial charge in [-0.05, 0) is 20.8 Å². The van der Waals surface area contributed by atoms with E-state index in [4.69, 9.17) is 0 Å². The van der Waals surface area contributed by atoms with Crippen LogP contribution in [0.25, 0.3) is 0 Å². The van der Waals surface area contributed by atoms with Gasteiger partial charge in [-0.3, -0.25) is 4.90 Å². The quantitative estimate of drug-likeness (QED) is 0.659. The van der Waals surface area contributed by atoms with Crippen molar-refractivity contribution in [2.75, 3.05) is 39.3 Å². The summed E-state index contributed by atoms with van der Waals surface area (Å²) in [6, 6.07) is 0.239. The minimum atomic E-state index is 0.216. The molecule has 0 atom stereocenters. The lowest BCUT2D eigenvalue weighted by atomic mass is 9.85. The van der Waals surface area contributed by atoms with E-state index in [2.05, 4.69) is 39.5 Å². The lowest BCUT2D eigenvalue weighted by Gasteiger charge is -2.49. The van der Waals surface area contributed by atoms with Crippen LogP contribution < -0.4 is 0 Å². The summed E-state index contributed by atoms with van der Waals surface area (Å²) in [6.07, 6.45) is 0. The Kier molecular flexibility index (Phi) is 3.34. The average Bonchev–Trinajstić information content (AvgIpc) is 2.24. The van der Waals surface area contributed by atoms with Crippen molar-refractivity contribution in [3.8, 4) is 0 Å². The molecule has 2 saturated heterocycles. The zero-order valence-electron chi connectivity index (χ0n) is 12.5. The van der Waals surface area contributed by atoms with E-state index in [1.54, 1.807) is 0 Å². The Morgan fingerprint density at radius 1 is 0.944 bits per heavy atom. The highest BCUT2D eigenvalue weighted by atomic mass is 16.2. The Morgan fingerprint density at radius 3 is 1.83 bits per heavy atom. The first-order chi connectivity index (χ1) is 8.19. The Labute approximate surface area is 111 Å². The number of piperazine rings is 1. The lowest BCUT2D eigenvalue weighted by molar-refractivity contribution is 0.0221. The van der Waals surface area contributed by atoms with Crippen LogP contribution in [-0.4, -0.2) is 65.5 Å². The van der Waals surface area contributed by atoms with Crippen molar-refractivity contribution in [1.29, 1.82) is 0 Å². The molecule has 0 aromatic carbocycles. The van der Waals surface area contributed by atoms with Crippen LogP contribution in [0.2, 0.25) is 0 Å². The largest absolute Gasteiger partial charge is 0.323 e. The summed E-state index contributed by atoms with van der Waals surface area (Å²) in [5.41, 5.74) is 0.538. The predicted molar refractivity (Wildman–Crippen MR) is 73.6 cm³/mol. The van der Waals surface area contributed by atoms with Gasteiger partial charge in [0.25, 0.3) is 0 Å². The average molecular weight is 253 g/mol. The maximum absolute atomic E-state index is 12.3. The number of rotatable bonds is 0. The van der Waals surface area contributed by atoms with Crippen molar-refractivity contribution in [2.45, 2.75) is 40.2 Å². The molecule has 104 valence electrons. The Hall–Kier alpha value is -0.770. The predicted octanol–water partition coefficient (Wildman–Crippen LogP) is 1.86. The maximum atomic E-state index is 12.3. The molecule has 4 heteroatoms. The SMILES string of the molecule is CC1(C)CN(C(=O)N2CCN(C(C)(C)C)CC2)C1. The van der Waals surface area contributed by atoms with Gasteiger partial charge in [0.15, 0.2) is 0 Å². The third-order valence-electron chi connectivity index (χ3n) is 4.01. The fourth-order valence-electron chi connectivity index (χ4n) is 2.89. The zero-order chi connectivity index (χ0) is 13.6. The van der Waals surface area contributed by atoms with E-state index in [0.717, 1.165) is 39.3 Å².